The molecule has 2 N–H and O–H groups in total. The van der Waals surface area contributed by atoms with E-state index in [2.05, 4.69) is 20.8 Å². The number of quaternary nitrogens is 1. The number of amides is 1. The summed E-state index contributed by atoms with van der Waals surface area (Å²) >= 11 is 1.37. The van der Waals surface area contributed by atoms with E-state index >= 15 is 0 Å². The number of tetrazole rings is 1. The Balaban J connectivity index is 1.33. The fourth-order valence-electron chi connectivity index (χ4n) is 4.48. The number of ether oxygens (including phenoxy) is 1. The zero-order valence-electron chi connectivity index (χ0n) is 16.7. The molecular formula is C20H29N6O2S+. The predicted octanol–water partition coefficient (Wildman–Crippen LogP) is 0.489. The molecule has 9 heteroatoms. The van der Waals surface area contributed by atoms with Crippen molar-refractivity contribution >= 4 is 17.7 Å². The molecule has 1 aliphatic carbocycles. The highest BCUT2D eigenvalue weighted by atomic mass is 32.2. The summed E-state index contributed by atoms with van der Waals surface area (Å²) < 4.78 is 7.22. The Kier molecular flexibility index (Phi) is 6.78. The molecule has 0 spiro atoms. The van der Waals surface area contributed by atoms with Crippen LogP contribution in [0.4, 0.5) is 0 Å². The maximum atomic E-state index is 12.6. The standard InChI is InChI=1S/C20H28N6O2S/c27-18(15-29-19-22-23-24-26(19)17-7-3-1-4-8-17)21-16-20(9-5-2-6-10-20)25-11-13-28-14-12-25/h1,3-4,7-8H,2,5-6,9-16H2,(H,21,27)/p+1. The van der Waals surface area contributed by atoms with Gasteiger partial charge >= 0.3 is 0 Å². The smallest absolute Gasteiger partial charge is 0.230 e. The fourth-order valence-corrected chi connectivity index (χ4v) is 5.20. The molecule has 8 nitrogen and oxygen atoms in total. The maximum Gasteiger partial charge on any atom is 0.230 e. The molecule has 1 saturated carbocycles. The van der Waals surface area contributed by atoms with E-state index in [-0.39, 0.29) is 11.4 Å². The zero-order chi connectivity index (χ0) is 19.9. The lowest BCUT2D eigenvalue weighted by Crippen LogP contribution is -3.23. The highest BCUT2D eigenvalue weighted by Crippen LogP contribution is 2.25. The van der Waals surface area contributed by atoms with Gasteiger partial charge in [0.25, 0.3) is 0 Å². The van der Waals surface area contributed by atoms with Crippen LogP contribution >= 0.6 is 11.8 Å². The molecule has 1 aromatic heterocycles. The van der Waals surface area contributed by atoms with E-state index in [4.69, 9.17) is 4.74 Å². The Morgan fingerprint density at radius 1 is 1.17 bits per heavy atom. The molecule has 2 aliphatic rings. The van der Waals surface area contributed by atoms with Gasteiger partial charge in [-0.2, -0.15) is 4.68 Å². The lowest BCUT2D eigenvalue weighted by Gasteiger charge is -2.45. The van der Waals surface area contributed by atoms with Crippen molar-refractivity contribution in [2.45, 2.75) is 42.8 Å². The minimum atomic E-state index is 0.0372. The van der Waals surface area contributed by atoms with Gasteiger partial charge in [0.2, 0.25) is 11.1 Å². The Labute approximate surface area is 175 Å². The molecule has 29 heavy (non-hydrogen) atoms. The van der Waals surface area contributed by atoms with Crippen LogP contribution in [0.3, 0.4) is 0 Å². The first-order valence-corrected chi connectivity index (χ1v) is 11.4. The van der Waals surface area contributed by atoms with E-state index in [0.29, 0.717) is 10.9 Å². The molecule has 2 aromatic rings. The molecule has 0 radical (unpaired) electrons. The normalized spacial score (nSPS) is 19.7. The zero-order valence-corrected chi connectivity index (χ0v) is 17.5. The Morgan fingerprint density at radius 3 is 2.69 bits per heavy atom. The van der Waals surface area contributed by atoms with E-state index in [0.717, 1.165) is 38.5 Å². The van der Waals surface area contributed by atoms with E-state index in [9.17, 15) is 4.79 Å². The van der Waals surface area contributed by atoms with Crippen molar-refractivity contribution in [3.63, 3.8) is 0 Å². The minimum Gasteiger partial charge on any atom is -0.370 e. The van der Waals surface area contributed by atoms with E-state index in [1.54, 1.807) is 9.58 Å². The largest absolute Gasteiger partial charge is 0.370 e. The first-order chi connectivity index (χ1) is 14.3. The van der Waals surface area contributed by atoms with Crippen molar-refractivity contribution in [3.8, 4) is 5.69 Å². The molecule has 1 amide bonds. The molecule has 0 atom stereocenters. The summed E-state index contributed by atoms with van der Waals surface area (Å²) in [6, 6.07) is 9.72. The lowest BCUT2D eigenvalue weighted by molar-refractivity contribution is -0.960. The second-order valence-electron chi connectivity index (χ2n) is 7.83. The van der Waals surface area contributed by atoms with Gasteiger partial charge in [-0.15, -0.1) is 5.10 Å². The second kappa shape index (κ2) is 9.69. The molecular weight excluding hydrogens is 388 g/mol. The third-order valence-corrected chi connectivity index (χ3v) is 6.97. The van der Waals surface area contributed by atoms with E-state index < -0.39 is 0 Å². The van der Waals surface area contributed by atoms with E-state index in [1.807, 2.05) is 30.3 Å². The predicted molar refractivity (Wildman–Crippen MR) is 110 cm³/mol. The summed E-state index contributed by atoms with van der Waals surface area (Å²) in [5.74, 6) is 0.345. The summed E-state index contributed by atoms with van der Waals surface area (Å²) in [5, 5.41) is 15.7. The number of rotatable bonds is 7. The van der Waals surface area contributed by atoms with E-state index in [1.165, 1.54) is 43.9 Å². The van der Waals surface area contributed by atoms with Gasteiger partial charge in [-0.1, -0.05) is 36.4 Å². The quantitative estimate of drug-likeness (QED) is 0.638. The van der Waals surface area contributed by atoms with Gasteiger partial charge in [0.1, 0.15) is 18.6 Å². The van der Waals surface area contributed by atoms with Crippen molar-refractivity contribution < 1.29 is 14.4 Å². The van der Waals surface area contributed by atoms with Crippen molar-refractivity contribution in [3.05, 3.63) is 30.3 Å². The molecule has 4 rings (SSSR count). The molecule has 0 unspecified atom stereocenters. The summed E-state index contributed by atoms with van der Waals surface area (Å²) in [6.07, 6.45) is 6.17. The SMILES string of the molecule is O=C(CSc1nnnn1-c1ccccc1)NCC1([NH+]2CCOCC2)CCCCC1. The molecule has 0 bridgehead atoms. The van der Waals surface area contributed by atoms with Crippen LogP contribution in [0.25, 0.3) is 5.69 Å². The van der Waals surface area contributed by atoms with Crippen LogP contribution in [0.1, 0.15) is 32.1 Å². The molecule has 1 aromatic carbocycles. The minimum absolute atomic E-state index is 0.0372. The third-order valence-electron chi connectivity index (χ3n) is 6.05. The van der Waals surface area contributed by atoms with Gasteiger partial charge in [0, 0.05) is 12.8 Å². The number of hydrogen-bond acceptors (Lipinski definition) is 6. The van der Waals surface area contributed by atoms with Gasteiger partial charge in [0.15, 0.2) is 0 Å². The third kappa shape index (κ3) is 4.96. The fraction of sp³-hybridized carbons (Fsp3) is 0.600. The first kappa shape index (κ1) is 20.3. The van der Waals surface area contributed by atoms with Crippen LogP contribution in [0.5, 0.6) is 0 Å². The average Bonchev–Trinajstić information content (AvgIpc) is 3.27. The number of benzene rings is 1. The van der Waals surface area contributed by atoms with Crippen LogP contribution in [0, 0.1) is 0 Å². The number of morpholine rings is 1. The van der Waals surface area contributed by atoms with Gasteiger partial charge in [-0.05, 0) is 35.4 Å². The second-order valence-corrected chi connectivity index (χ2v) is 8.77. The highest BCUT2D eigenvalue weighted by Gasteiger charge is 2.42. The van der Waals surface area contributed by atoms with Crippen LogP contribution in [-0.2, 0) is 9.53 Å². The van der Waals surface area contributed by atoms with Crippen LogP contribution < -0.4 is 10.2 Å². The number of thioether (sulfide) groups is 1. The Hall–Kier alpha value is -1.97. The number of carbonyl (C=O) groups excluding carboxylic acids is 1. The summed E-state index contributed by atoms with van der Waals surface area (Å²) in [6.45, 7) is 4.46. The number of aromatic nitrogens is 4. The molecule has 1 aliphatic heterocycles. The van der Waals surface area contributed by atoms with Gasteiger partial charge < -0.3 is 15.0 Å². The number of hydrogen-bond donors (Lipinski definition) is 2. The number of carbonyl (C=O) groups is 1. The number of nitrogens with zero attached hydrogens (tertiary/aromatic N) is 4. The monoisotopic (exact) mass is 417 g/mol. The molecule has 1 saturated heterocycles. The van der Waals surface area contributed by atoms with Gasteiger partial charge in [-0.25, -0.2) is 0 Å². The lowest BCUT2D eigenvalue weighted by atomic mass is 9.79. The van der Waals surface area contributed by atoms with Crippen LogP contribution in [0.2, 0.25) is 0 Å². The Morgan fingerprint density at radius 2 is 1.93 bits per heavy atom. The average molecular weight is 418 g/mol. The van der Waals surface area contributed by atoms with Crippen LogP contribution in [-0.4, -0.2) is 70.3 Å². The highest BCUT2D eigenvalue weighted by molar-refractivity contribution is 7.99. The van der Waals surface area contributed by atoms with Crippen molar-refractivity contribution in [1.82, 2.24) is 25.5 Å². The summed E-state index contributed by atoms with van der Waals surface area (Å²) in [7, 11) is 0. The number of para-hydroxylation sites is 1. The first-order valence-electron chi connectivity index (χ1n) is 10.4. The van der Waals surface area contributed by atoms with Gasteiger partial charge in [0.05, 0.1) is 31.2 Å². The maximum absolute atomic E-state index is 12.6. The molecule has 156 valence electrons. The van der Waals surface area contributed by atoms with Gasteiger partial charge in [-0.3, -0.25) is 4.79 Å². The van der Waals surface area contributed by atoms with Crippen molar-refractivity contribution in [2.24, 2.45) is 0 Å². The molecule has 2 fully saturated rings. The number of nitrogens with one attached hydrogen (secondary N) is 2. The van der Waals surface area contributed by atoms with Crippen molar-refractivity contribution in [2.75, 3.05) is 38.6 Å². The Bertz CT molecular complexity index is 787. The topological polar surface area (TPSA) is 86.4 Å². The summed E-state index contributed by atoms with van der Waals surface area (Å²) in [5.41, 5.74) is 1.05. The van der Waals surface area contributed by atoms with Crippen LogP contribution in [0.15, 0.2) is 35.5 Å². The molecule has 2 heterocycles. The van der Waals surface area contributed by atoms with Crippen molar-refractivity contribution in [1.29, 1.82) is 0 Å². The summed E-state index contributed by atoms with van der Waals surface area (Å²) in [4.78, 5) is 14.2.